The third-order valence-corrected chi connectivity index (χ3v) is 5.27. The summed E-state index contributed by atoms with van der Waals surface area (Å²) >= 11 is 0. The Bertz CT molecular complexity index is 972. The predicted molar refractivity (Wildman–Crippen MR) is 139 cm³/mol. The zero-order valence-corrected chi connectivity index (χ0v) is 21.5. The average Bonchev–Trinajstić information content (AvgIpc) is 3.12. The van der Waals surface area contributed by atoms with Crippen molar-refractivity contribution in [2.24, 2.45) is 12.0 Å². The van der Waals surface area contributed by atoms with Crippen molar-refractivity contribution >= 4 is 29.9 Å². The van der Waals surface area contributed by atoms with E-state index in [1.54, 1.807) is 7.11 Å². The van der Waals surface area contributed by atoms with Crippen LogP contribution in [-0.2, 0) is 26.6 Å². The second-order valence-electron chi connectivity index (χ2n) is 7.66. The molecule has 3 rings (SSSR count). The molecule has 1 heterocycles. The molecule has 172 valence electrons. The number of aliphatic imine (C=N–C) groups is 1. The third kappa shape index (κ3) is 7.81. The largest absolute Gasteiger partial charge is 0.497 e. The molecule has 0 fully saturated rings. The van der Waals surface area contributed by atoms with E-state index in [1.165, 1.54) is 5.56 Å². The van der Waals surface area contributed by atoms with Crippen molar-refractivity contribution in [3.8, 4) is 5.75 Å². The first-order valence-corrected chi connectivity index (χ1v) is 10.6. The van der Waals surface area contributed by atoms with Gasteiger partial charge in [-0.25, -0.2) is 4.99 Å². The van der Waals surface area contributed by atoms with Crippen molar-refractivity contribution in [1.29, 1.82) is 0 Å². The number of methoxy groups -OCH3 is 1. The van der Waals surface area contributed by atoms with Gasteiger partial charge >= 0.3 is 0 Å². The van der Waals surface area contributed by atoms with Crippen molar-refractivity contribution in [1.82, 2.24) is 25.4 Å². The lowest BCUT2D eigenvalue weighted by molar-refractivity contribution is 0.414. The lowest BCUT2D eigenvalue weighted by Gasteiger charge is -2.18. The summed E-state index contributed by atoms with van der Waals surface area (Å²) in [6.07, 6.45) is 2.03. The van der Waals surface area contributed by atoms with E-state index in [4.69, 9.17) is 9.73 Å². The Labute approximate surface area is 207 Å². The van der Waals surface area contributed by atoms with Crippen LogP contribution in [0.5, 0.6) is 5.75 Å². The lowest BCUT2D eigenvalue weighted by Crippen LogP contribution is -2.42. The van der Waals surface area contributed by atoms with Gasteiger partial charge in [0.25, 0.3) is 0 Å². The summed E-state index contributed by atoms with van der Waals surface area (Å²) < 4.78 is 7.21. The molecule has 1 unspecified atom stereocenters. The molecule has 32 heavy (non-hydrogen) atoms. The van der Waals surface area contributed by atoms with Gasteiger partial charge < -0.3 is 19.9 Å². The molecule has 0 spiro atoms. The van der Waals surface area contributed by atoms with Gasteiger partial charge in [-0.3, -0.25) is 0 Å². The maximum atomic E-state index is 5.24. The molecule has 7 nitrogen and oxygen atoms in total. The van der Waals surface area contributed by atoms with Crippen molar-refractivity contribution in [2.45, 2.75) is 45.8 Å². The Morgan fingerprint density at radius 3 is 2.41 bits per heavy atom. The second-order valence-corrected chi connectivity index (χ2v) is 7.66. The molecule has 0 saturated heterocycles. The van der Waals surface area contributed by atoms with Crippen molar-refractivity contribution < 1.29 is 4.74 Å². The van der Waals surface area contributed by atoms with Gasteiger partial charge in [-0.1, -0.05) is 42.5 Å². The van der Waals surface area contributed by atoms with Gasteiger partial charge in [0.1, 0.15) is 11.6 Å². The van der Waals surface area contributed by atoms with Crippen LogP contribution in [0.25, 0.3) is 0 Å². The van der Waals surface area contributed by atoms with Crippen LogP contribution >= 0.6 is 24.0 Å². The number of nitrogens with zero attached hydrogens (tertiary/aromatic N) is 4. The fourth-order valence-corrected chi connectivity index (χ4v) is 3.16. The molecule has 0 radical (unpaired) electrons. The van der Waals surface area contributed by atoms with E-state index >= 15 is 0 Å². The van der Waals surface area contributed by atoms with E-state index in [-0.39, 0.29) is 30.0 Å². The first-order valence-electron chi connectivity index (χ1n) is 10.6. The average molecular weight is 548 g/mol. The van der Waals surface area contributed by atoms with Crippen LogP contribution in [-0.4, -0.2) is 33.9 Å². The van der Waals surface area contributed by atoms with Crippen molar-refractivity contribution in [3.05, 3.63) is 77.4 Å². The molecule has 0 aliphatic heterocycles. The number of halogens is 1. The number of nitrogens with one attached hydrogen (secondary N) is 2. The number of ether oxygens (including phenoxy) is 1. The number of hydrogen-bond acceptors (Lipinski definition) is 4. The maximum Gasteiger partial charge on any atom is 0.192 e. The highest BCUT2D eigenvalue weighted by atomic mass is 127. The molecule has 0 saturated carbocycles. The Morgan fingerprint density at radius 2 is 1.78 bits per heavy atom. The number of hydrogen-bond donors (Lipinski definition) is 2. The van der Waals surface area contributed by atoms with Gasteiger partial charge in [0, 0.05) is 13.1 Å². The third-order valence-electron chi connectivity index (χ3n) is 5.27. The van der Waals surface area contributed by atoms with Crippen LogP contribution in [0.1, 0.15) is 36.1 Å². The molecule has 2 N–H and O–H groups in total. The van der Waals surface area contributed by atoms with E-state index < -0.39 is 0 Å². The van der Waals surface area contributed by atoms with Gasteiger partial charge in [-0.15, -0.1) is 34.2 Å². The highest BCUT2D eigenvalue weighted by Gasteiger charge is 2.09. The van der Waals surface area contributed by atoms with E-state index in [9.17, 15) is 0 Å². The standard InChI is InChI=1S/C24H32N6O.HI/c1-18(10-11-20-8-6-5-7-9-20)27-24(26-17-23-29-28-19(2)30(23)3)25-16-21-12-14-22(31-4)15-13-21;/h5-9,12-15,18H,10-11,16-17H2,1-4H3,(H2,25,26,27);1H. The van der Waals surface area contributed by atoms with Crippen LogP contribution in [0.4, 0.5) is 0 Å². The second kappa shape index (κ2) is 13.0. The highest BCUT2D eigenvalue weighted by Crippen LogP contribution is 2.12. The minimum atomic E-state index is 0. The fourth-order valence-electron chi connectivity index (χ4n) is 3.16. The first kappa shape index (κ1) is 25.6. The molecule has 1 aromatic heterocycles. The minimum absolute atomic E-state index is 0. The Morgan fingerprint density at radius 1 is 1.06 bits per heavy atom. The van der Waals surface area contributed by atoms with Gasteiger partial charge in [-0.2, -0.15) is 0 Å². The topological polar surface area (TPSA) is 76.4 Å². The summed E-state index contributed by atoms with van der Waals surface area (Å²) in [6, 6.07) is 18.8. The quantitative estimate of drug-likeness (QED) is 0.240. The smallest absolute Gasteiger partial charge is 0.192 e. The summed E-state index contributed by atoms with van der Waals surface area (Å²) in [5.41, 5.74) is 2.46. The number of benzene rings is 2. The molecule has 0 bridgehead atoms. The number of rotatable bonds is 9. The van der Waals surface area contributed by atoms with Crippen LogP contribution in [0.3, 0.4) is 0 Å². The van der Waals surface area contributed by atoms with E-state index in [0.717, 1.165) is 41.8 Å². The zero-order valence-electron chi connectivity index (χ0n) is 19.2. The molecule has 1 atom stereocenters. The molecule has 8 heteroatoms. The molecule has 2 aromatic carbocycles. The first-order chi connectivity index (χ1) is 15.0. The number of aryl methyl sites for hydroxylation is 2. The Kier molecular flexibility index (Phi) is 10.5. The summed E-state index contributed by atoms with van der Waals surface area (Å²) in [6.45, 7) is 5.25. The van der Waals surface area contributed by atoms with Crippen molar-refractivity contribution in [3.63, 3.8) is 0 Å². The zero-order chi connectivity index (χ0) is 22.1. The molecule has 0 aliphatic carbocycles. The highest BCUT2D eigenvalue weighted by molar-refractivity contribution is 14.0. The number of aromatic nitrogens is 3. The van der Waals surface area contributed by atoms with E-state index in [0.29, 0.717) is 13.1 Å². The van der Waals surface area contributed by atoms with Gasteiger partial charge in [0.15, 0.2) is 11.8 Å². The monoisotopic (exact) mass is 548 g/mol. The van der Waals surface area contributed by atoms with Crippen LogP contribution in [0.15, 0.2) is 59.6 Å². The van der Waals surface area contributed by atoms with Gasteiger partial charge in [-0.05, 0) is 49.9 Å². The Balaban J connectivity index is 0.00000363. The molecular weight excluding hydrogens is 515 g/mol. The van der Waals surface area contributed by atoms with Gasteiger partial charge in [0.05, 0.1) is 20.2 Å². The molecule has 0 amide bonds. The summed E-state index contributed by atoms with van der Waals surface area (Å²) in [5.74, 6) is 3.36. The van der Waals surface area contributed by atoms with Crippen LogP contribution in [0, 0.1) is 6.92 Å². The van der Waals surface area contributed by atoms with Crippen molar-refractivity contribution in [2.75, 3.05) is 7.11 Å². The van der Waals surface area contributed by atoms with E-state index in [2.05, 4.69) is 52.0 Å². The molecule has 3 aromatic rings. The minimum Gasteiger partial charge on any atom is -0.497 e. The predicted octanol–water partition coefficient (Wildman–Crippen LogP) is 4.01. The summed E-state index contributed by atoms with van der Waals surface area (Å²) in [4.78, 5) is 4.79. The summed E-state index contributed by atoms with van der Waals surface area (Å²) in [5, 5.41) is 15.3. The number of guanidine groups is 1. The summed E-state index contributed by atoms with van der Waals surface area (Å²) in [7, 11) is 3.64. The lowest BCUT2D eigenvalue weighted by atomic mass is 10.1. The van der Waals surface area contributed by atoms with E-state index in [1.807, 2.05) is 48.9 Å². The fraction of sp³-hybridized carbons (Fsp3) is 0.375. The normalized spacial score (nSPS) is 12.1. The van der Waals surface area contributed by atoms with Gasteiger partial charge in [0.2, 0.25) is 0 Å². The maximum absolute atomic E-state index is 5.24. The van der Waals surface area contributed by atoms with Crippen LogP contribution in [0.2, 0.25) is 0 Å². The molecular formula is C24H33IN6O. The SMILES string of the molecule is COc1ccc(CN=C(NCc2nnc(C)n2C)NC(C)CCc2ccccc2)cc1.I. The van der Waals surface area contributed by atoms with Crippen LogP contribution < -0.4 is 15.4 Å². The Hall–Kier alpha value is -2.62. The molecule has 0 aliphatic rings.